The number of hydrogen-bond acceptors (Lipinski definition) is 2. The van der Waals surface area contributed by atoms with Crippen LogP contribution in [0.4, 0.5) is 8.78 Å². The lowest BCUT2D eigenvalue weighted by atomic mass is 10.1. The van der Waals surface area contributed by atoms with Crippen molar-refractivity contribution in [1.82, 2.24) is 0 Å². The van der Waals surface area contributed by atoms with Crippen molar-refractivity contribution in [3.63, 3.8) is 0 Å². The summed E-state index contributed by atoms with van der Waals surface area (Å²) in [6, 6.07) is 3.37. The number of nitrogens with two attached hydrogens (primary N) is 1. The van der Waals surface area contributed by atoms with E-state index < -0.39 is 17.7 Å². The molecule has 17 heavy (non-hydrogen) atoms. The first kappa shape index (κ1) is 14.1. The van der Waals surface area contributed by atoms with Crippen molar-refractivity contribution in [2.75, 3.05) is 13.2 Å². The second-order valence-electron chi connectivity index (χ2n) is 4.51. The SMILES string of the molecule is CC(C)CCOCC(N)c1cccc(F)c1F. The van der Waals surface area contributed by atoms with Gasteiger partial charge in [-0.15, -0.1) is 0 Å². The summed E-state index contributed by atoms with van der Waals surface area (Å²) in [5, 5.41) is 0. The van der Waals surface area contributed by atoms with E-state index in [1.165, 1.54) is 12.1 Å². The van der Waals surface area contributed by atoms with Crippen molar-refractivity contribution < 1.29 is 13.5 Å². The molecule has 0 radical (unpaired) electrons. The van der Waals surface area contributed by atoms with Gasteiger partial charge in [0.25, 0.3) is 0 Å². The van der Waals surface area contributed by atoms with Gasteiger partial charge in [0.1, 0.15) is 0 Å². The fourth-order valence-corrected chi connectivity index (χ4v) is 1.43. The van der Waals surface area contributed by atoms with Gasteiger partial charge in [-0.25, -0.2) is 8.78 Å². The molecule has 2 N–H and O–H groups in total. The topological polar surface area (TPSA) is 35.2 Å². The molecule has 4 heteroatoms. The van der Waals surface area contributed by atoms with Crippen LogP contribution in [0, 0.1) is 17.6 Å². The fraction of sp³-hybridized carbons (Fsp3) is 0.538. The molecule has 0 aromatic heterocycles. The minimum absolute atomic E-state index is 0.162. The second-order valence-corrected chi connectivity index (χ2v) is 4.51. The third-order valence-corrected chi connectivity index (χ3v) is 2.52. The average Bonchev–Trinajstić information content (AvgIpc) is 2.27. The van der Waals surface area contributed by atoms with Gasteiger partial charge in [0.15, 0.2) is 11.6 Å². The van der Waals surface area contributed by atoms with Gasteiger partial charge in [0.2, 0.25) is 0 Å². The van der Waals surface area contributed by atoms with E-state index in [0.29, 0.717) is 12.5 Å². The lowest BCUT2D eigenvalue weighted by molar-refractivity contribution is 0.110. The van der Waals surface area contributed by atoms with Gasteiger partial charge in [-0.2, -0.15) is 0 Å². The smallest absolute Gasteiger partial charge is 0.163 e. The molecule has 0 saturated heterocycles. The van der Waals surface area contributed by atoms with E-state index >= 15 is 0 Å². The van der Waals surface area contributed by atoms with E-state index in [2.05, 4.69) is 13.8 Å². The highest BCUT2D eigenvalue weighted by Gasteiger charge is 2.14. The summed E-state index contributed by atoms with van der Waals surface area (Å²) in [5.74, 6) is -1.20. The van der Waals surface area contributed by atoms with Crippen LogP contribution in [0.15, 0.2) is 18.2 Å². The maximum Gasteiger partial charge on any atom is 0.163 e. The highest BCUT2D eigenvalue weighted by Crippen LogP contribution is 2.17. The van der Waals surface area contributed by atoms with E-state index in [1.807, 2.05) is 0 Å². The molecular formula is C13H19F2NO. The van der Waals surface area contributed by atoms with Crippen molar-refractivity contribution in [3.8, 4) is 0 Å². The van der Waals surface area contributed by atoms with E-state index in [1.54, 1.807) is 0 Å². The molecule has 1 rings (SSSR count). The van der Waals surface area contributed by atoms with Gasteiger partial charge in [0.05, 0.1) is 12.6 Å². The molecule has 0 aliphatic carbocycles. The minimum Gasteiger partial charge on any atom is -0.379 e. The summed E-state index contributed by atoms with van der Waals surface area (Å²) < 4.78 is 31.7. The molecule has 1 aromatic carbocycles. The largest absolute Gasteiger partial charge is 0.379 e. The molecule has 0 bridgehead atoms. The quantitative estimate of drug-likeness (QED) is 0.779. The van der Waals surface area contributed by atoms with Crippen LogP contribution < -0.4 is 5.73 Å². The summed E-state index contributed by atoms with van der Waals surface area (Å²) in [6.07, 6.45) is 0.929. The number of benzene rings is 1. The summed E-state index contributed by atoms with van der Waals surface area (Å²) in [6.45, 7) is 4.97. The van der Waals surface area contributed by atoms with Crippen LogP contribution >= 0.6 is 0 Å². The molecule has 96 valence electrons. The van der Waals surface area contributed by atoms with Crippen LogP contribution in [-0.4, -0.2) is 13.2 Å². The van der Waals surface area contributed by atoms with Gasteiger partial charge in [0, 0.05) is 12.2 Å². The summed E-state index contributed by atoms with van der Waals surface area (Å²) in [5.41, 5.74) is 5.91. The van der Waals surface area contributed by atoms with Crippen molar-refractivity contribution in [1.29, 1.82) is 0 Å². The molecule has 0 amide bonds. The Labute approximate surface area is 101 Å². The van der Waals surface area contributed by atoms with E-state index in [0.717, 1.165) is 12.5 Å². The highest BCUT2D eigenvalue weighted by molar-refractivity contribution is 5.22. The molecule has 0 aliphatic heterocycles. The Hall–Kier alpha value is -1.00. The maximum atomic E-state index is 13.4. The Morgan fingerprint density at radius 2 is 2.00 bits per heavy atom. The summed E-state index contributed by atoms with van der Waals surface area (Å²) in [7, 11) is 0. The first-order valence-corrected chi connectivity index (χ1v) is 5.79. The highest BCUT2D eigenvalue weighted by atomic mass is 19.2. The van der Waals surface area contributed by atoms with Gasteiger partial charge in [-0.05, 0) is 18.4 Å². The number of hydrogen-bond donors (Lipinski definition) is 1. The van der Waals surface area contributed by atoms with Crippen molar-refractivity contribution in [2.24, 2.45) is 11.7 Å². The standard InChI is InChI=1S/C13H19F2NO/c1-9(2)6-7-17-8-12(16)10-4-3-5-11(14)13(10)15/h3-5,9,12H,6-8,16H2,1-2H3. The molecule has 0 spiro atoms. The number of halogens is 2. The Kier molecular flexibility index (Phi) is 5.51. The van der Waals surface area contributed by atoms with Crippen LogP contribution in [0.3, 0.4) is 0 Å². The van der Waals surface area contributed by atoms with Gasteiger partial charge < -0.3 is 10.5 Å². The predicted molar refractivity (Wildman–Crippen MR) is 63.6 cm³/mol. The molecule has 0 saturated carbocycles. The summed E-state index contributed by atoms with van der Waals surface area (Å²) in [4.78, 5) is 0. The molecule has 1 unspecified atom stereocenters. The molecule has 1 aromatic rings. The fourth-order valence-electron chi connectivity index (χ4n) is 1.43. The molecule has 0 heterocycles. The number of ether oxygens (including phenoxy) is 1. The Morgan fingerprint density at radius 1 is 1.29 bits per heavy atom. The Balaban J connectivity index is 2.47. The predicted octanol–water partition coefficient (Wildman–Crippen LogP) is 3.03. The molecule has 0 aliphatic rings. The second kappa shape index (κ2) is 6.67. The van der Waals surface area contributed by atoms with Crippen LogP contribution in [0.25, 0.3) is 0 Å². The molecule has 2 nitrogen and oxygen atoms in total. The molecular weight excluding hydrogens is 224 g/mol. The van der Waals surface area contributed by atoms with E-state index in [9.17, 15) is 8.78 Å². The van der Waals surface area contributed by atoms with Crippen molar-refractivity contribution in [3.05, 3.63) is 35.4 Å². The van der Waals surface area contributed by atoms with Crippen molar-refractivity contribution >= 4 is 0 Å². The van der Waals surface area contributed by atoms with Gasteiger partial charge in [-0.3, -0.25) is 0 Å². The maximum absolute atomic E-state index is 13.4. The first-order chi connectivity index (χ1) is 8.02. The summed E-state index contributed by atoms with van der Waals surface area (Å²) >= 11 is 0. The lowest BCUT2D eigenvalue weighted by Crippen LogP contribution is -2.19. The number of rotatable bonds is 6. The zero-order chi connectivity index (χ0) is 12.8. The normalized spacial score (nSPS) is 13.1. The van der Waals surface area contributed by atoms with E-state index in [-0.39, 0.29) is 12.2 Å². The monoisotopic (exact) mass is 243 g/mol. The lowest BCUT2D eigenvalue weighted by Gasteiger charge is -2.14. The van der Waals surface area contributed by atoms with E-state index in [4.69, 9.17) is 10.5 Å². The molecule has 1 atom stereocenters. The van der Waals surface area contributed by atoms with Crippen LogP contribution in [-0.2, 0) is 4.74 Å². The van der Waals surface area contributed by atoms with Gasteiger partial charge >= 0.3 is 0 Å². The van der Waals surface area contributed by atoms with Crippen molar-refractivity contribution in [2.45, 2.75) is 26.3 Å². The van der Waals surface area contributed by atoms with Crippen LogP contribution in [0.5, 0.6) is 0 Å². The van der Waals surface area contributed by atoms with Crippen LogP contribution in [0.1, 0.15) is 31.9 Å². The average molecular weight is 243 g/mol. The Morgan fingerprint density at radius 3 is 2.65 bits per heavy atom. The third-order valence-electron chi connectivity index (χ3n) is 2.52. The third kappa shape index (κ3) is 4.40. The zero-order valence-corrected chi connectivity index (χ0v) is 10.2. The molecule has 0 fully saturated rings. The first-order valence-electron chi connectivity index (χ1n) is 5.79. The zero-order valence-electron chi connectivity index (χ0n) is 10.2. The Bertz CT molecular complexity index is 355. The minimum atomic E-state index is -0.882. The van der Waals surface area contributed by atoms with Gasteiger partial charge in [-0.1, -0.05) is 26.0 Å². The van der Waals surface area contributed by atoms with Crippen LogP contribution in [0.2, 0.25) is 0 Å².